The summed E-state index contributed by atoms with van der Waals surface area (Å²) in [6, 6.07) is 14.4. The van der Waals surface area contributed by atoms with Gasteiger partial charge in [0.25, 0.3) is 5.56 Å². The minimum absolute atomic E-state index is 0.240. The Morgan fingerprint density at radius 1 is 1.00 bits per heavy atom. The number of nitrogens with one attached hydrogen (secondary N) is 1. The first-order chi connectivity index (χ1) is 9.22. The second-order valence-corrected chi connectivity index (χ2v) is 4.10. The van der Waals surface area contributed by atoms with E-state index >= 15 is 0 Å². The number of hydrogen-bond donors (Lipinski definition) is 1. The number of halogens is 1. The first kappa shape index (κ1) is 11.5. The first-order valence-electron chi connectivity index (χ1n) is 5.78. The molecule has 0 saturated heterocycles. The summed E-state index contributed by atoms with van der Waals surface area (Å²) in [6.07, 6.45) is 0. The number of para-hydroxylation sites is 1. The molecule has 1 aromatic heterocycles. The fourth-order valence-corrected chi connectivity index (χ4v) is 1.89. The highest BCUT2D eigenvalue weighted by atomic mass is 19.1. The number of H-pyrrole nitrogens is 1. The van der Waals surface area contributed by atoms with Crippen LogP contribution in [-0.2, 0) is 0 Å². The van der Waals surface area contributed by atoms with E-state index in [9.17, 15) is 9.18 Å². The fraction of sp³-hybridized carbons (Fsp3) is 0. The van der Waals surface area contributed by atoms with E-state index < -0.39 is 0 Å². The molecule has 0 fully saturated rings. The molecule has 19 heavy (non-hydrogen) atoms. The molecule has 0 saturated carbocycles. The van der Waals surface area contributed by atoms with Gasteiger partial charge in [-0.15, -0.1) is 0 Å². The molecule has 1 N–H and O–H groups in total. The summed E-state index contributed by atoms with van der Waals surface area (Å²) in [4.78, 5) is 14.3. The number of aromatic amines is 1. The minimum Gasteiger partial charge on any atom is -0.456 e. The number of rotatable bonds is 2. The Hall–Kier alpha value is -2.62. The van der Waals surface area contributed by atoms with Crippen molar-refractivity contribution in [3.8, 4) is 11.5 Å². The van der Waals surface area contributed by atoms with Crippen LogP contribution in [0.1, 0.15) is 0 Å². The molecule has 3 nitrogen and oxygen atoms in total. The summed E-state index contributed by atoms with van der Waals surface area (Å²) >= 11 is 0. The Bertz CT molecular complexity index is 778. The molecular weight excluding hydrogens is 245 g/mol. The molecule has 0 unspecified atom stereocenters. The van der Waals surface area contributed by atoms with E-state index in [1.165, 1.54) is 30.3 Å². The molecule has 3 rings (SSSR count). The second kappa shape index (κ2) is 4.57. The summed E-state index contributed by atoms with van der Waals surface area (Å²) in [5, 5.41) is 0.798. The van der Waals surface area contributed by atoms with Crippen molar-refractivity contribution in [3.05, 3.63) is 70.8 Å². The van der Waals surface area contributed by atoms with Crippen LogP contribution >= 0.6 is 0 Å². The molecule has 0 bridgehead atoms. The molecule has 0 aliphatic carbocycles. The average molecular weight is 255 g/mol. The lowest BCUT2D eigenvalue weighted by atomic mass is 10.2. The van der Waals surface area contributed by atoms with E-state index in [0.717, 1.165) is 5.39 Å². The third-order valence-electron chi connectivity index (χ3n) is 2.75. The van der Waals surface area contributed by atoms with Gasteiger partial charge in [-0.1, -0.05) is 12.1 Å². The molecule has 0 atom stereocenters. The Morgan fingerprint density at radius 3 is 2.53 bits per heavy atom. The van der Waals surface area contributed by atoms with E-state index in [0.29, 0.717) is 17.0 Å². The maximum atomic E-state index is 12.8. The monoisotopic (exact) mass is 255 g/mol. The predicted octanol–water partition coefficient (Wildman–Crippen LogP) is 3.46. The van der Waals surface area contributed by atoms with Crippen LogP contribution in [0.2, 0.25) is 0 Å². The van der Waals surface area contributed by atoms with Crippen LogP contribution in [0.3, 0.4) is 0 Å². The average Bonchev–Trinajstić information content (AvgIpc) is 2.41. The van der Waals surface area contributed by atoms with Crippen LogP contribution in [0.15, 0.2) is 59.4 Å². The lowest BCUT2D eigenvalue weighted by molar-refractivity contribution is 0.485. The lowest BCUT2D eigenvalue weighted by Crippen LogP contribution is -2.04. The van der Waals surface area contributed by atoms with Crippen molar-refractivity contribution >= 4 is 10.9 Å². The molecule has 0 aliphatic rings. The van der Waals surface area contributed by atoms with E-state index in [4.69, 9.17) is 4.74 Å². The Balaban J connectivity index is 2.09. The van der Waals surface area contributed by atoms with Crippen molar-refractivity contribution in [2.75, 3.05) is 0 Å². The van der Waals surface area contributed by atoms with Gasteiger partial charge in [-0.3, -0.25) is 4.79 Å². The number of fused-ring (bicyclic) bond motifs is 1. The van der Waals surface area contributed by atoms with Crippen LogP contribution in [0.25, 0.3) is 10.9 Å². The van der Waals surface area contributed by atoms with Gasteiger partial charge in [-0.2, -0.15) is 0 Å². The second-order valence-electron chi connectivity index (χ2n) is 4.10. The minimum atomic E-state index is -0.330. The molecule has 4 heteroatoms. The molecule has 0 amide bonds. The fourth-order valence-electron chi connectivity index (χ4n) is 1.89. The largest absolute Gasteiger partial charge is 0.456 e. The number of pyridine rings is 1. The maximum Gasteiger partial charge on any atom is 0.252 e. The highest BCUT2D eigenvalue weighted by Gasteiger charge is 2.05. The summed E-state index contributed by atoms with van der Waals surface area (Å²) in [6.45, 7) is 0. The zero-order chi connectivity index (χ0) is 13.2. The van der Waals surface area contributed by atoms with Crippen molar-refractivity contribution in [2.24, 2.45) is 0 Å². The highest BCUT2D eigenvalue weighted by Crippen LogP contribution is 2.27. The van der Waals surface area contributed by atoms with Crippen molar-refractivity contribution in [1.82, 2.24) is 4.98 Å². The van der Waals surface area contributed by atoms with Gasteiger partial charge in [0.15, 0.2) is 0 Å². The number of aromatic nitrogens is 1. The predicted molar refractivity (Wildman–Crippen MR) is 71.0 cm³/mol. The van der Waals surface area contributed by atoms with Gasteiger partial charge >= 0.3 is 0 Å². The number of ether oxygens (including phenoxy) is 1. The number of hydrogen-bond acceptors (Lipinski definition) is 2. The van der Waals surface area contributed by atoms with Gasteiger partial charge in [0.05, 0.1) is 5.52 Å². The van der Waals surface area contributed by atoms with Gasteiger partial charge < -0.3 is 9.72 Å². The van der Waals surface area contributed by atoms with Crippen molar-refractivity contribution in [3.63, 3.8) is 0 Å². The van der Waals surface area contributed by atoms with Gasteiger partial charge in [0.2, 0.25) is 0 Å². The van der Waals surface area contributed by atoms with Gasteiger partial charge in [-0.25, -0.2) is 4.39 Å². The highest BCUT2D eigenvalue weighted by molar-refractivity contribution is 5.84. The van der Waals surface area contributed by atoms with Crippen LogP contribution in [0.5, 0.6) is 11.5 Å². The number of benzene rings is 2. The van der Waals surface area contributed by atoms with Gasteiger partial charge in [-0.05, 0) is 36.4 Å². The summed E-state index contributed by atoms with van der Waals surface area (Å²) in [5.74, 6) is 0.603. The Labute approximate surface area is 108 Å². The third kappa shape index (κ3) is 2.33. The summed E-state index contributed by atoms with van der Waals surface area (Å²) < 4.78 is 18.5. The molecular formula is C15H10FNO2. The Morgan fingerprint density at radius 2 is 1.74 bits per heavy atom. The molecule has 3 aromatic rings. The van der Waals surface area contributed by atoms with Crippen molar-refractivity contribution < 1.29 is 9.13 Å². The topological polar surface area (TPSA) is 42.1 Å². The molecule has 0 aliphatic heterocycles. The molecule has 1 heterocycles. The quantitative estimate of drug-likeness (QED) is 0.762. The molecule has 0 spiro atoms. The molecule has 2 aromatic carbocycles. The molecule has 0 radical (unpaired) electrons. The van der Waals surface area contributed by atoms with Crippen LogP contribution in [0, 0.1) is 5.82 Å². The SMILES string of the molecule is O=c1cc(Oc2ccc(F)cc2)c2ccccc2[nH]1. The van der Waals surface area contributed by atoms with E-state index in [1.807, 2.05) is 18.2 Å². The van der Waals surface area contributed by atoms with E-state index in [2.05, 4.69) is 4.98 Å². The smallest absolute Gasteiger partial charge is 0.252 e. The normalized spacial score (nSPS) is 10.6. The standard InChI is InChI=1S/C15H10FNO2/c16-10-5-7-11(8-6-10)19-14-9-15(18)17-13-4-2-1-3-12(13)14/h1-9H,(H,17,18). The zero-order valence-corrected chi connectivity index (χ0v) is 9.89. The van der Waals surface area contributed by atoms with Crippen molar-refractivity contribution in [2.45, 2.75) is 0 Å². The van der Waals surface area contributed by atoms with Crippen LogP contribution in [-0.4, -0.2) is 4.98 Å². The zero-order valence-electron chi connectivity index (χ0n) is 9.89. The molecule has 94 valence electrons. The summed E-state index contributed by atoms with van der Waals surface area (Å²) in [5.41, 5.74) is 0.461. The van der Waals surface area contributed by atoms with Gasteiger partial charge in [0.1, 0.15) is 17.3 Å². The van der Waals surface area contributed by atoms with Crippen LogP contribution in [0.4, 0.5) is 4.39 Å². The van der Waals surface area contributed by atoms with E-state index in [1.54, 1.807) is 6.07 Å². The van der Waals surface area contributed by atoms with E-state index in [-0.39, 0.29) is 11.4 Å². The third-order valence-corrected chi connectivity index (χ3v) is 2.75. The van der Waals surface area contributed by atoms with Crippen LogP contribution < -0.4 is 10.3 Å². The summed E-state index contributed by atoms with van der Waals surface area (Å²) in [7, 11) is 0. The maximum absolute atomic E-state index is 12.8. The van der Waals surface area contributed by atoms with Crippen molar-refractivity contribution in [1.29, 1.82) is 0 Å². The first-order valence-corrected chi connectivity index (χ1v) is 5.78. The Kier molecular flexibility index (Phi) is 2.76. The lowest BCUT2D eigenvalue weighted by Gasteiger charge is -2.08. The van der Waals surface area contributed by atoms with Gasteiger partial charge in [0, 0.05) is 11.5 Å².